The number of aromatic nitrogens is 2. The summed E-state index contributed by atoms with van der Waals surface area (Å²) in [5.41, 5.74) is 0.814. The molecule has 128 valence electrons. The Kier molecular flexibility index (Phi) is 5.58. The Labute approximate surface area is 155 Å². The molecule has 5 nitrogen and oxygen atoms in total. The summed E-state index contributed by atoms with van der Waals surface area (Å²) < 4.78 is 7.07. The summed E-state index contributed by atoms with van der Waals surface area (Å²) in [6.45, 7) is 0.300. The van der Waals surface area contributed by atoms with Crippen LogP contribution in [0.3, 0.4) is 0 Å². The van der Waals surface area contributed by atoms with Gasteiger partial charge in [-0.1, -0.05) is 53.5 Å². The van der Waals surface area contributed by atoms with E-state index in [9.17, 15) is 4.79 Å². The molecule has 0 radical (unpaired) electrons. The van der Waals surface area contributed by atoms with Crippen molar-refractivity contribution in [2.75, 3.05) is 11.9 Å². The van der Waals surface area contributed by atoms with Gasteiger partial charge in [-0.3, -0.25) is 4.79 Å². The third-order valence-electron chi connectivity index (χ3n) is 3.45. The number of nitrogens with one attached hydrogen (secondary N) is 1. The lowest BCUT2D eigenvalue weighted by Crippen LogP contribution is -2.22. The third kappa shape index (κ3) is 4.53. The number of hydrogen-bond donors (Lipinski definition) is 1. The molecule has 3 rings (SSSR count). The largest absolute Gasteiger partial charge is 0.484 e. The molecule has 0 saturated heterocycles. The molecule has 1 aromatic heterocycles. The molecule has 0 atom stereocenters. The number of para-hydroxylation sites is 1. The van der Waals surface area contributed by atoms with Crippen molar-refractivity contribution < 1.29 is 9.53 Å². The maximum atomic E-state index is 12.1. The van der Waals surface area contributed by atoms with Gasteiger partial charge in [0.1, 0.15) is 11.6 Å². The van der Waals surface area contributed by atoms with E-state index in [2.05, 4.69) is 10.4 Å². The average molecular weight is 376 g/mol. The molecule has 0 aliphatic rings. The number of carbonyl (C=O) groups excluding carboxylic acids is 1. The first-order valence-electron chi connectivity index (χ1n) is 7.56. The fourth-order valence-corrected chi connectivity index (χ4v) is 2.62. The van der Waals surface area contributed by atoms with Crippen molar-refractivity contribution in [1.82, 2.24) is 9.78 Å². The molecule has 0 fully saturated rings. The molecule has 2 aromatic carbocycles. The van der Waals surface area contributed by atoms with Gasteiger partial charge in [-0.05, 0) is 23.8 Å². The summed E-state index contributed by atoms with van der Waals surface area (Å²) >= 11 is 12.2. The Morgan fingerprint density at radius 1 is 1.08 bits per heavy atom. The Hall–Kier alpha value is -2.50. The summed E-state index contributed by atoms with van der Waals surface area (Å²) in [6.07, 6.45) is 1.60. The molecule has 25 heavy (non-hydrogen) atoms. The molecule has 0 bridgehead atoms. The minimum Gasteiger partial charge on any atom is -0.484 e. The topological polar surface area (TPSA) is 56.1 Å². The van der Waals surface area contributed by atoms with Crippen molar-refractivity contribution in [2.24, 2.45) is 0 Å². The quantitative estimate of drug-likeness (QED) is 0.700. The van der Waals surface area contributed by atoms with Gasteiger partial charge in [-0.15, -0.1) is 0 Å². The van der Waals surface area contributed by atoms with Crippen LogP contribution < -0.4 is 10.1 Å². The van der Waals surface area contributed by atoms with Gasteiger partial charge in [-0.2, -0.15) is 5.10 Å². The lowest BCUT2D eigenvalue weighted by atomic mass is 10.2. The number of benzene rings is 2. The van der Waals surface area contributed by atoms with Crippen LogP contribution in [0.4, 0.5) is 5.82 Å². The molecule has 0 aliphatic heterocycles. The van der Waals surface area contributed by atoms with Crippen LogP contribution in [0.25, 0.3) is 0 Å². The zero-order chi connectivity index (χ0) is 17.6. The first-order valence-corrected chi connectivity index (χ1v) is 8.31. The summed E-state index contributed by atoms with van der Waals surface area (Å²) in [7, 11) is 0. The molecule has 3 aromatic rings. The van der Waals surface area contributed by atoms with E-state index in [4.69, 9.17) is 27.9 Å². The van der Waals surface area contributed by atoms with Gasteiger partial charge in [0.2, 0.25) is 0 Å². The number of nitrogens with zero attached hydrogens (tertiary/aromatic N) is 2. The van der Waals surface area contributed by atoms with Gasteiger partial charge in [0.05, 0.1) is 22.8 Å². The van der Waals surface area contributed by atoms with Gasteiger partial charge < -0.3 is 10.1 Å². The van der Waals surface area contributed by atoms with E-state index in [1.54, 1.807) is 35.1 Å². The van der Waals surface area contributed by atoms with Crippen LogP contribution in [-0.4, -0.2) is 22.3 Å². The smallest absolute Gasteiger partial charge is 0.263 e. The number of carbonyl (C=O) groups is 1. The monoisotopic (exact) mass is 375 g/mol. The number of amides is 1. The van der Waals surface area contributed by atoms with E-state index in [1.807, 2.05) is 30.3 Å². The van der Waals surface area contributed by atoms with E-state index in [1.165, 1.54) is 0 Å². The highest BCUT2D eigenvalue weighted by molar-refractivity contribution is 6.42. The van der Waals surface area contributed by atoms with Crippen molar-refractivity contribution in [2.45, 2.75) is 6.54 Å². The highest BCUT2D eigenvalue weighted by atomic mass is 35.5. The van der Waals surface area contributed by atoms with Gasteiger partial charge in [0.25, 0.3) is 5.91 Å². The van der Waals surface area contributed by atoms with Crippen LogP contribution in [0, 0.1) is 0 Å². The highest BCUT2D eigenvalue weighted by Gasteiger charge is 2.11. The first-order chi connectivity index (χ1) is 12.1. The second-order valence-corrected chi connectivity index (χ2v) is 6.02. The number of halogens is 2. The van der Waals surface area contributed by atoms with Gasteiger partial charge in [0, 0.05) is 6.07 Å². The van der Waals surface area contributed by atoms with Crippen LogP contribution in [0.1, 0.15) is 5.56 Å². The second-order valence-electron chi connectivity index (χ2n) is 5.24. The maximum absolute atomic E-state index is 12.1. The van der Waals surface area contributed by atoms with Crippen LogP contribution in [0.2, 0.25) is 10.0 Å². The second kappa shape index (κ2) is 8.05. The number of anilines is 1. The summed E-state index contributed by atoms with van der Waals surface area (Å²) in [5, 5.41) is 7.94. The summed E-state index contributed by atoms with van der Waals surface area (Å²) in [5.74, 6) is 0.914. The number of rotatable bonds is 6. The lowest BCUT2D eigenvalue weighted by molar-refractivity contribution is -0.118. The summed E-state index contributed by atoms with van der Waals surface area (Å²) in [4.78, 5) is 12.1. The SMILES string of the molecule is O=C(COc1ccccc1)Nc1ccnn1Cc1cccc(Cl)c1Cl. The Balaban J connectivity index is 1.63. The molecule has 0 aliphatic carbocycles. The zero-order valence-electron chi connectivity index (χ0n) is 13.2. The lowest BCUT2D eigenvalue weighted by Gasteiger charge is -2.11. The molecule has 1 amide bonds. The first kappa shape index (κ1) is 17.3. The molecular weight excluding hydrogens is 361 g/mol. The fourth-order valence-electron chi connectivity index (χ4n) is 2.24. The van der Waals surface area contributed by atoms with Crippen molar-refractivity contribution in [3.05, 3.63) is 76.4 Å². The van der Waals surface area contributed by atoms with Crippen LogP contribution in [0.5, 0.6) is 5.75 Å². The van der Waals surface area contributed by atoms with E-state index in [-0.39, 0.29) is 12.5 Å². The molecular formula is C18H15Cl2N3O2. The van der Waals surface area contributed by atoms with Gasteiger partial charge >= 0.3 is 0 Å². The molecule has 1 heterocycles. The predicted octanol–water partition coefficient (Wildman–Crippen LogP) is 4.26. The van der Waals surface area contributed by atoms with Crippen LogP contribution in [0.15, 0.2) is 60.8 Å². The number of ether oxygens (including phenoxy) is 1. The molecule has 0 saturated carbocycles. The van der Waals surface area contributed by atoms with E-state index < -0.39 is 0 Å². The van der Waals surface area contributed by atoms with Crippen molar-refractivity contribution in [3.63, 3.8) is 0 Å². The maximum Gasteiger partial charge on any atom is 0.263 e. The van der Waals surface area contributed by atoms with E-state index >= 15 is 0 Å². The third-order valence-corrected chi connectivity index (χ3v) is 4.31. The predicted molar refractivity (Wildman–Crippen MR) is 98.4 cm³/mol. The minimum absolute atomic E-state index is 0.0902. The number of hydrogen-bond acceptors (Lipinski definition) is 3. The normalized spacial score (nSPS) is 10.5. The Bertz CT molecular complexity index is 866. The van der Waals surface area contributed by atoms with Gasteiger partial charge in [0.15, 0.2) is 6.61 Å². The van der Waals surface area contributed by atoms with Crippen molar-refractivity contribution in [1.29, 1.82) is 0 Å². The Morgan fingerprint density at radius 2 is 1.88 bits per heavy atom. The van der Waals surface area contributed by atoms with Crippen molar-refractivity contribution in [3.8, 4) is 5.75 Å². The van der Waals surface area contributed by atoms with Crippen LogP contribution in [-0.2, 0) is 11.3 Å². The highest BCUT2D eigenvalue weighted by Crippen LogP contribution is 2.26. The summed E-state index contributed by atoms with van der Waals surface area (Å²) in [6, 6.07) is 16.3. The molecule has 0 unspecified atom stereocenters. The molecule has 1 N–H and O–H groups in total. The molecule has 7 heteroatoms. The van der Waals surface area contributed by atoms with Crippen LogP contribution >= 0.6 is 23.2 Å². The van der Waals surface area contributed by atoms with Crippen molar-refractivity contribution >= 4 is 34.9 Å². The fraction of sp³-hybridized carbons (Fsp3) is 0.111. The standard InChI is InChI=1S/C18H15Cl2N3O2/c19-15-8-4-5-13(18(15)20)11-23-16(9-10-21-23)22-17(24)12-25-14-6-2-1-3-7-14/h1-10H,11-12H2,(H,22,24). The van der Waals surface area contributed by atoms with E-state index in [0.29, 0.717) is 28.2 Å². The average Bonchev–Trinajstić information content (AvgIpc) is 3.05. The zero-order valence-corrected chi connectivity index (χ0v) is 14.7. The Morgan fingerprint density at radius 3 is 2.68 bits per heavy atom. The van der Waals surface area contributed by atoms with Gasteiger partial charge in [-0.25, -0.2) is 4.68 Å². The van der Waals surface area contributed by atoms with E-state index in [0.717, 1.165) is 5.56 Å². The minimum atomic E-state index is -0.275. The molecule has 0 spiro atoms.